The third kappa shape index (κ3) is 3.96. The van der Waals surface area contributed by atoms with Crippen LogP contribution in [0.2, 0.25) is 0 Å². The Hall–Kier alpha value is -0.580. The van der Waals surface area contributed by atoms with Gasteiger partial charge in [0.05, 0.1) is 6.61 Å². The van der Waals surface area contributed by atoms with Crippen LogP contribution in [0.3, 0.4) is 0 Å². The Bertz CT molecular complexity index is 438. The molecular formula is C16H25BrN2O. The van der Waals surface area contributed by atoms with Crippen LogP contribution < -0.4 is 10.2 Å². The van der Waals surface area contributed by atoms with Gasteiger partial charge in [-0.3, -0.25) is 0 Å². The van der Waals surface area contributed by atoms with Gasteiger partial charge in [-0.25, -0.2) is 0 Å². The van der Waals surface area contributed by atoms with E-state index >= 15 is 0 Å². The largest absolute Gasteiger partial charge is 0.383 e. The Morgan fingerprint density at radius 3 is 2.80 bits per heavy atom. The fraction of sp³-hybridized carbons (Fsp3) is 0.625. The van der Waals surface area contributed by atoms with Crippen molar-refractivity contribution in [1.29, 1.82) is 0 Å². The highest BCUT2D eigenvalue weighted by atomic mass is 79.9. The summed E-state index contributed by atoms with van der Waals surface area (Å²) in [5, 5.41) is 3.38. The van der Waals surface area contributed by atoms with Crippen molar-refractivity contribution in [1.82, 2.24) is 5.32 Å². The summed E-state index contributed by atoms with van der Waals surface area (Å²) >= 11 is 3.70. The first kappa shape index (κ1) is 15.8. The van der Waals surface area contributed by atoms with Crippen LogP contribution in [0.1, 0.15) is 25.8 Å². The predicted molar refractivity (Wildman–Crippen MR) is 88.3 cm³/mol. The molecule has 3 nitrogen and oxygen atoms in total. The summed E-state index contributed by atoms with van der Waals surface area (Å²) in [7, 11) is 1.73. The molecule has 1 heterocycles. The van der Waals surface area contributed by atoms with E-state index in [1.54, 1.807) is 7.11 Å². The maximum absolute atomic E-state index is 5.04. The van der Waals surface area contributed by atoms with Gasteiger partial charge in [0, 0.05) is 42.9 Å². The fourth-order valence-electron chi connectivity index (χ4n) is 2.92. The molecule has 2 atom stereocenters. The first-order valence-electron chi connectivity index (χ1n) is 7.36. The van der Waals surface area contributed by atoms with E-state index in [0.717, 1.165) is 25.6 Å². The topological polar surface area (TPSA) is 24.5 Å². The van der Waals surface area contributed by atoms with E-state index in [0.29, 0.717) is 6.04 Å². The number of nitrogens with one attached hydrogen (secondary N) is 1. The zero-order valence-electron chi connectivity index (χ0n) is 12.7. The van der Waals surface area contributed by atoms with E-state index in [-0.39, 0.29) is 0 Å². The second-order valence-electron chi connectivity index (χ2n) is 5.79. The van der Waals surface area contributed by atoms with Crippen LogP contribution in [0.4, 0.5) is 5.69 Å². The second-order valence-corrected chi connectivity index (χ2v) is 6.64. The number of benzene rings is 1. The molecule has 0 aliphatic carbocycles. The summed E-state index contributed by atoms with van der Waals surface area (Å²) in [6.07, 6.45) is 1.29. The molecule has 1 N–H and O–H groups in total. The molecule has 0 radical (unpaired) electrons. The summed E-state index contributed by atoms with van der Waals surface area (Å²) in [6.45, 7) is 8.32. The molecule has 1 aliphatic heterocycles. The number of hydrogen-bond donors (Lipinski definition) is 1. The monoisotopic (exact) mass is 340 g/mol. The standard InChI is InChI=1S/C16H25BrN2O/c1-12-8-13(2)19(11-12)15-5-4-14(16(17)9-15)10-18-6-7-20-3/h4-5,9,12-13,18H,6-8,10-11H2,1-3H3. The molecule has 1 aromatic carbocycles. The number of rotatable bonds is 6. The molecule has 20 heavy (non-hydrogen) atoms. The molecule has 0 saturated carbocycles. The smallest absolute Gasteiger partial charge is 0.0587 e. The van der Waals surface area contributed by atoms with Gasteiger partial charge < -0.3 is 15.0 Å². The molecule has 0 bridgehead atoms. The molecule has 1 saturated heterocycles. The third-order valence-electron chi connectivity index (χ3n) is 3.95. The Labute approximate surface area is 130 Å². The fourth-order valence-corrected chi connectivity index (χ4v) is 3.42. The third-order valence-corrected chi connectivity index (χ3v) is 4.69. The number of methoxy groups -OCH3 is 1. The lowest BCUT2D eigenvalue weighted by Gasteiger charge is -2.24. The molecule has 1 aromatic rings. The molecule has 2 unspecified atom stereocenters. The van der Waals surface area contributed by atoms with Gasteiger partial charge in [-0.05, 0) is 37.0 Å². The van der Waals surface area contributed by atoms with Crippen LogP contribution in [0, 0.1) is 5.92 Å². The molecule has 0 aromatic heterocycles. The summed E-state index contributed by atoms with van der Waals surface area (Å²) in [5.74, 6) is 0.791. The summed E-state index contributed by atoms with van der Waals surface area (Å²) in [4.78, 5) is 2.51. The van der Waals surface area contributed by atoms with Crippen LogP contribution in [0.5, 0.6) is 0 Å². The summed E-state index contributed by atoms with van der Waals surface area (Å²) < 4.78 is 6.22. The van der Waals surface area contributed by atoms with E-state index in [1.807, 2.05) is 0 Å². The van der Waals surface area contributed by atoms with E-state index in [9.17, 15) is 0 Å². The minimum atomic E-state index is 0.641. The van der Waals surface area contributed by atoms with E-state index < -0.39 is 0 Å². The van der Waals surface area contributed by atoms with Crippen LogP contribution >= 0.6 is 15.9 Å². The first-order chi connectivity index (χ1) is 9.61. The van der Waals surface area contributed by atoms with Gasteiger partial charge in [-0.15, -0.1) is 0 Å². The van der Waals surface area contributed by atoms with Gasteiger partial charge in [-0.1, -0.05) is 28.9 Å². The number of nitrogens with zero attached hydrogens (tertiary/aromatic N) is 1. The van der Waals surface area contributed by atoms with Gasteiger partial charge in [0.1, 0.15) is 0 Å². The molecular weight excluding hydrogens is 316 g/mol. The Morgan fingerprint density at radius 2 is 2.20 bits per heavy atom. The van der Waals surface area contributed by atoms with Crippen LogP contribution in [0.15, 0.2) is 22.7 Å². The van der Waals surface area contributed by atoms with Gasteiger partial charge in [-0.2, -0.15) is 0 Å². The van der Waals surface area contributed by atoms with Crippen LogP contribution in [0.25, 0.3) is 0 Å². The van der Waals surface area contributed by atoms with E-state index in [1.165, 1.54) is 28.7 Å². The molecule has 112 valence electrons. The average molecular weight is 341 g/mol. The molecule has 4 heteroatoms. The molecule has 2 rings (SSSR count). The molecule has 0 amide bonds. The van der Waals surface area contributed by atoms with Crippen molar-refractivity contribution in [3.63, 3.8) is 0 Å². The minimum Gasteiger partial charge on any atom is -0.383 e. The predicted octanol–water partition coefficient (Wildman–Crippen LogP) is 3.42. The number of ether oxygens (including phenoxy) is 1. The van der Waals surface area contributed by atoms with Crippen molar-refractivity contribution in [2.24, 2.45) is 5.92 Å². The quantitative estimate of drug-likeness (QED) is 0.803. The molecule has 1 fully saturated rings. The first-order valence-corrected chi connectivity index (χ1v) is 8.16. The van der Waals surface area contributed by atoms with Crippen molar-refractivity contribution >= 4 is 21.6 Å². The van der Waals surface area contributed by atoms with Crippen molar-refractivity contribution < 1.29 is 4.74 Å². The lowest BCUT2D eigenvalue weighted by molar-refractivity contribution is 0.199. The SMILES string of the molecule is COCCNCc1ccc(N2CC(C)CC2C)cc1Br. The highest BCUT2D eigenvalue weighted by molar-refractivity contribution is 9.10. The highest BCUT2D eigenvalue weighted by Gasteiger charge is 2.26. The van der Waals surface area contributed by atoms with E-state index in [4.69, 9.17) is 4.74 Å². The lowest BCUT2D eigenvalue weighted by atomic mass is 10.1. The van der Waals surface area contributed by atoms with Gasteiger partial charge >= 0.3 is 0 Å². The Balaban J connectivity index is 1.98. The van der Waals surface area contributed by atoms with Crippen molar-refractivity contribution in [2.75, 3.05) is 31.7 Å². The molecule has 1 aliphatic rings. The maximum Gasteiger partial charge on any atom is 0.0587 e. The van der Waals surface area contributed by atoms with Gasteiger partial charge in [0.15, 0.2) is 0 Å². The zero-order valence-corrected chi connectivity index (χ0v) is 14.2. The minimum absolute atomic E-state index is 0.641. The van der Waals surface area contributed by atoms with Gasteiger partial charge in [0.25, 0.3) is 0 Å². The summed E-state index contributed by atoms with van der Waals surface area (Å²) in [6, 6.07) is 7.35. The second kappa shape index (κ2) is 7.43. The van der Waals surface area contributed by atoms with E-state index in [2.05, 4.69) is 58.2 Å². The highest BCUT2D eigenvalue weighted by Crippen LogP contribution is 2.31. The van der Waals surface area contributed by atoms with Gasteiger partial charge in [0.2, 0.25) is 0 Å². The normalized spacial score (nSPS) is 22.5. The van der Waals surface area contributed by atoms with Crippen LogP contribution in [-0.4, -0.2) is 32.8 Å². The van der Waals surface area contributed by atoms with Crippen LogP contribution in [-0.2, 0) is 11.3 Å². The van der Waals surface area contributed by atoms with Crippen molar-refractivity contribution in [2.45, 2.75) is 32.9 Å². The lowest BCUT2D eigenvalue weighted by Crippen LogP contribution is -2.26. The Kier molecular flexibility index (Phi) is 5.87. The Morgan fingerprint density at radius 1 is 1.40 bits per heavy atom. The number of anilines is 1. The zero-order chi connectivity index (χ0) is 14.5. The van der Waals surface area contributed by atoms with Crippen molar-refractivity contribution in [3.8, 4) is 0 Å². The number of hydrogen-bond acceptors (Lipinski definition) is 3. The molecule has 0 spiro atoms. The maximum atomic E-state index is 5.04. The van der Waals surface area contributed by atoms with Crippen molar-refractivity contribution in [3.05, 3.63) is 28.2 Å². The summed E-state index contributed by atoms with van der Waals surface area (Å²) in [5.41, 5.74) is 2.62. The average Bonchev–Trinajstić information content (AvgIpc) is 2.75. The number of halogens is 1.